The first-order valence-electron chi connectivity index (χ1n) is 12.6. The summed E-state index contributed by atoms with van der Waals surface area (Å²) in [6.45, 7) is 3.50. The van der Waals surface area contributed by atoms with Gasteiger partial charge in [0.2, 0.25) is 21.8 Å². The van der Waals surface area contributed by atoms with Crippen molar-refractivity contribution >= 4 is 50.7 Å². The molecule has 0 aromatic heterocycles. The standard InChI is InChI=1S/C27H35Cl2N3O4S/c1-4-25(27(34)30-23-8-6-5-7-9-23)31(17-20-12-10-19(2)11-13-20)26(33)18-32(37(3,35)36)24-15-21(28)14-22(29)16-24/h10-16,23,25H,4-9,17-18H2,1-3H3,(H,30,34). The van der Waals surface area contributed by atoms with Crippen LogP contribution in [0.1, 0.15) is 56.6 Å². The van der Waals surface area contributed by atoms with Crippen molar-refractivity contribution in [2.75, 3.05) is 17.1 Å². The molecular weight excluding hydrogens is 533 g/mol. The van der Waals surface area contributed by atoms with Crippen LogP contribution in [-0.4, -0.2) is 50.0 Å². The molecule has 0 spiro atoms. The van der Waals surface area contributed by atoms with Crippen LogP contribution in [0, 0.1) is 6.92 Å². The third kappa shape index (κ3) is 8.35. The van der Waals surface area contributed by atoms with Gasteiger partial charge in [-0.2, -0.15) is 0 Å². The second-order valence-electron chi connectivity index (χ2n) is 9.67. The summed E-state index contributed by atoms with van der Waals surface area (Å²) in [5.74, 6) is -0.709. The zero-order valence-corrected chi connectivity index (χ0v) is 23.9. The Morgan fingerprint density at radius 1 is 1.03 bits per heavy atom. The number of rotatable bonds is 10. The first-order chi connectivity index (χ1) is 17.5. The lowest BCUT2D eigenvalue weighted by Crippen LogP contribution is -2.53. The number of hydrogen-bond donors (Lipinski definition) is 1. The molecule has 37 heavy (non-hydrogen) atoms. The molecule has 1 atom stereocenters. The van der Waals surface area contributed by atoms with Crippen molar-refractivity contribution in [1.29, 1.82) is 0 Å². The van der Waals surface area contributed by atoms with Crippen molar-refractivity contribution < 1.29 is 18.0 Å². The van der Waals surface area contributed by atoms with Crippen LogP contribution in [0.2, 0.25) is 10.0 Å². The maximum absolute atomic E-state index is 13.8. The molecule has 0 aliphatic heterocycles. The molecule has 7 nitrogen and oxygen atoms in total. The van der Waals surface area contributed by atoms with Gasteiger partial charge in [-0.1, -0.05) is 79.2 Å². The first-order valence-corrected chi connectivity index (χ1v) is 15.2. The van der Waals surface area contributed by atoms with Crippen molar-refractivity contribution in [2.45, 2.75) is 71.0 Å². The third-order valence-electron chi connectivity index (χ3n) is 6.63. The number of halogens is 2. The molecule has 0 saturated heterocycles. The number of carbonyl (C=O) groups excluding carboxylic acids is 2. The van der Waals surface area contributed by atoms with Gasteiger partial charge in [0.1, 0.15) is 12.6 Å². The van der Waals surface area contributed by atoms with Crippen molar-refractivity contribution in [3.63, 3.8) is 0 Å². The van der Waals surface area contributed by atoms with Gasteiger partial charge in [-0.25, -0.2) is 8.42 Å². The molecule has 3 rings (SSSR count). The molecule has 0 bridgehead atoms. The van der Waals surface area contributed by atoms with Crippen molar-refractivity contribution in [3.8, 4) is 0 Å². The summed E-state index contributed by atoms with van der Waals surface area (Å²) in [6, 6.07) is 11.4. The van der Waals surface area contributed by atoms with Crippen LogP contribution in [-0.2, 0) is 26.2 Å². The zero-order chi connectivity index (χ0) is 27.2. The van der Waals surface area contributed by atoms with E-state index in [1.54, 1.807) is 0 Å². The van der Waals surface area contributed by atoms with Crippen molar-refractivity contribution in [1.82, 2.24) is 10.2 Å². The van der Waals surface area contributed by atoms with E-state index in [0.717, 1.165) is 53.8 Å². The maximum Gasteiger partial charge on any atom is 0.244 e. The number of benzene rings is 2. The molecule has 10 heteroatoms. The Hall–Kier alpha value is -2.29. The minimum atomic E-state index is -3.87. The van der Waals surface area contributed by atoms with E-state index < -0.39 is 28.5 Å². The van der Waals surface area contributed by atoms with Crippen LogP contribution in [0.4, 0.5) is 5.69 Å². The van der Waals surface area contributed by atoms with E-state index in [1.807, 2.05) is 38.1 Å². The molecule has 1 aliphatic carbocycles. The molecular formula is C27H35Cl2N3O4S. The van der Waals surface area contributed by atoms with E-state index in [2.05, 4.69) is 5.32 Å². The van der Waals surface area contributed by atoms with E-state index in [9.17, 15) is 18.0 Å². The summed E-state index contributed by atoms with van der Waals surface area (Å²) in [6.07, 6.45) is 6.55. The zero-order valence-electron chi connectivity index (χ0n) is 21.5. The number of hydrogen-bond acceptors (Lipinski definition) is 4. The Bertz CT molecular complexity index is 1180. The highest BCUT2D eigenvalue weighted by Crippen LogP contribution is 2.27. The molecule has 0 radical (unpaired) electrons. The minimum Gasteiger partial charge on any atom is -0.352 e. The normalized spacial score (nSPS) is 15.2. The summed E-state index contributed by atoms with van der Waals surface area (Å²) >= 11 is 12.2. The Kier molecular flexibility index (Phi) is 10.3. The molecule has 1 saturated carbocycles. The van der Waals surface area contributed by atoms with Crippen molar-refractivity contribution in [3.05, 3.63) is 63.6 Å². The fourth-order valence-corrected chi connectivity index (χ4v) is 6.00. The molecule has 1 N–H and O–H groups in total. The summed E-state index contributed by atoms with van der Waals surface area (Å²) < 4.78 is 26.4. The number of carbonyl (C=O) groups is 2. The van der Waals surface area contributed by atoms with Gasteiger partial charge in [-0.05, 0) is 49.9 Å². The summed E-state index contributed by atoms with van der Waals surface area (Å²) in [4.78, 5) is 28.7. The quantitative estimate of drug-likeness (QED) is 0.420. The molecule has 1 aliphatic rings. The SMILES string of the molecule is CCC(C(=O)NC1CCCCC1)N(Cc1ccc(C)cc1)C(=O)CN(c1cc(Cl)cc(Cl)c1)S(C)(=O)=O. The van der Waals surface area contributed by atoms with Gasteiger partial charge < -0.3 is 10.2 Å². The van der Waals surface area contributed by atoms with E-state index in [0.29, 0.717) is 6.42 Å². The molecule has 202 valence electrons. The van der Waals surface area contributed by atoms with Crippen LogP contribution < -0.4 is 9.62 Å². The number of anilines is 1. The van der Waals surface area contributed by atoms with E-state index in [1.165, 1.54) is 23.1 Å². The monoisotopic (exact) mass is 567 g/mol. The van der Waals surface area contributed by atoms with Gasteiger partial charge in [0, 0.05) is 22.6 Å². The van der Waals surface area contributed by atoms with Crippen molar-refractivity contribution in [2.24, 2.45) is 0 Å². The molecule has 1 unspecified atom stereocenters. The highest BCUT2D eigenvalue weighted by Gasteiger charge is 2.33. The highest BCUT2D eigenvalue weighted by molar-refractivity contribution is 7.92. The Balaban J connectivity index is 1.92. The fraction of sp³-hybridized carbons (Fsp3) is 0.481. The molecule has 2 aromatic rings. The summed E-state index contributed by atoms with van der Waals surface area (Å²) in [5.41, 5.74) is 2.10. The molecule has 0 heterocycles. The number of sulfonamides is 1. The van der Waals surface area contributed by atoms with E-state index >= 15 is 0 Å². The first kappa shape index (κ1) is 29.3. The minimum absolute atomic E-state index is 0.0905. The van der Waals surface area contributed by atoms with Gasteiger partial charge >= 0.3 is 0 Å². The molecule has 2 aromatic carbocycles. The lowest BCUT2D eigenvalue weighted by molar-refractivity contribution is -0.140. The summed E-state index contributed by atoms with van der Waals surface area (Å²) in [7, 11) is -3.87. The van der Waals surface area contributed by atoms with Crippen LogP contribution in [0.3, 0.4) is 0 Å². The average molecular weight is 569 g/mol. The predicted octanol–water partition coefficient (Wildman–Crippen LogP) is 5.32. The summed E-state index contributed by atoms with van der Waals surface area (Å²) in [5, 5.41) is 3.63. The van der Waals surface area contributed by atoms with E-state index in [4.69, 9.17) is 23.2 Å². The Morgan fingerprint density at radius 3 is 2.16 bits per heavy atom. The molecule has 1 fully saturated rings. The Labute approximate surface area is 230 Å². The third-order valence-corrected chi connectivity index (χ3v) is 8.20. The second kappa shape index (κ2) is 13.0. The number of nitrogens with zero attached hydrogens (tertiary/aromatic N) is 2. The topological polar surface area (TPSA) is 86.8 Å². The number of aryl methyl sites for hydroxylation is 1. The van der Waals surface area contributed by atoms with Gasteiger partial charge in [0.25, 0.3) is 0 Å². The van der Waals surface area contributed by atoms with Crippen LogP contribution in [0.15, 0.2) is 42.5 Å². The fourth-order valence-electron chi connectivity index (χ4n) is 4.65. The molecule has 2 amide bonds. The van der Waals surface area contributed by atoms with Gasteiger partial charge in [-0.3, -0.25) is 13.9 Å². The van der Waals surface area contributed by atoms with Crippen LogP contribution in [0.5, 0.6) is 0 Å². The maximum atomic E-state index is 13.8. The predicted molar refractivity (Wildman–Crippen MR) is 149 cm³/mol. The van der Waals surface area contributed by atoms with Gasteiger partial charge in [-0.15, -0.1) is 0 Å². The second-order valence-corrected chi connectivity index (χ2v) is 12.5. The number of amides is 2. The lowest BCUT2D eigenvalue weighted by Gasteiger charge is -2.34. The van der Waals surface area contributed by atoms with Crippen LogP contribution in [0.25, 0.3) is 0 Å². The highest BCUT2D eigenvalue weighted by atomic mass is 35.5. The largest absolute Gasteiger partial charge is 0.352 e. The number of nitrogens with one attached hydrogen (secondary N) is 1. The van der Waals surface area contributed by atoms with Gasteiger partial charge in [0.05, 0.1) is 11.9 Å². The van der Waals surface area contributed by atoms with Gasteiger partial charge in [0.15, 0.2) is 0 Å². The van der Waals surface area contributed by atoms with E-state index in [-0.39, 0.29) is 34.2 Å². The lowest BCUT2D eigenvalue weighted by atomic mass is 9.95. The average Bonchev–Trinajstić information content (AvgIpc) is 2.82. The van der Waals surface area contributed by atoms with Crippen LogP contribution >= 0.6 is 23.2 Å². The Morgan fingerprint density at radius 2 is 1.62 bits per heavy atom. The smallest absolute Gasteiger partial charge is 0.244 e.